The number of ether oxygens (including phenoxy) is 2. The normalized spacial score (nSPS) is 16.4. The predicted octanol–water partition coefficient (Wildman–Crippen LogP) is 4.93. The van der Waals surface area contributed by atoms with E-state index in [1.165, 1.54) is 30.4 Å². The molecule has 0 spiro atoms. The molecule has 0 radical (unpaired) electrons. The van der Waals surface area contributed by atoms with Crippen LogP contribution in [0.1, 0.15) is 12.0 Å². The molecule has 11 heteroatoms. The van der Waals surface area contributed by atoms with E-state index in [1.807, 2.05) is 0 Å². The second kappa shape index (κ2) is 11.8. The third-order valence-electron chi connectivity index (χ3n) is 5.28. The number of anilines is 2. The minimum Gasteiger partial charge on any atom is -0.508 e. The van der Waals surface area contributed by atoms with Crippen molar-refractivity contribution in [3.63, 3.8) is 0 Å². The molecule has 3 aromatic rings. The number of rotatable bonds is 8. The summed E-state index contributed by atoms with van der Waals surface area (Å²) in [5.74, 6) is 0.434. The second-order valence-electron chi connectivity index (χ2n) is 7.80. The van der Waals surface area contributed by atoms with E-state index >= 15 is 0 Å². The molecule has 190 valence electrons. The summed E-state index contributed by atoms with van der Waals surface area (Å²) in [5.41, 5.74) is 1.69. The topological polar surface area (TPSA) is 113 Å². The number of amidine groups is 1. The average Bonchev–Trinajstić information content (AvgIpc) is 3.19. The van der Waals surface area contributed by atoms with Gasteiger partial charge in [0, 0.05) is 23.2 Å². The molecule has 3 aromatic carbocycles. The molecule has 4 rings (SSSR count). The lowest BCUT2D eigenvalue weighted by Crippen LogP contribution is -2.33. The number of amides is 2. The summed E-state index contributed by atoms with van der Waals surface area (Å²) < 4.78 is 10.6. The molecular weight excluding hydrogens is 516 g/mol. The zero-order valence-corrected chi connectivity index (χ0v) is 21.5. The smallest absolute Gasteiger partial charge is 0.247 e. The van der Waals surface area contributed by atoms with Gasteiger partial charge in [-0.05, 0) is 60.2 Å². The van der Waals surface area contributed by atoms with Gasteiger partial charge in [0.1, 0.15) is 11.0 Å². The summed E-state index contributed by atoms with van der Waals surface area (Å²) in [6.07, 6.45) is 1.43. The van der Waals surface area contributed by atoms with Crippen LogP contribution in [-0.2, 0) is 9.59 Å². The van der Waals surface area contributed by atoms with Crippen LogP contribution >= 0.6 is 23.4 Å². The van der Waals surface area contributed by atoms with Crippen molar-refractivity contribution >= 4 is 57.9 Å². The Bertz CT molecular complexity index is 1360. The monoisotopic (exact) mass is 538 g/mol. The molecule has 1 heterocycles. The number of nitrogens with one attached hydrogen (secondary N) is 1. The van der Waals surface area contributed by atoms with Crippen molar-refractivity contribution in [3.8, 4) is 17.2 Å². The van der Waals surface area contributed by atoms with Crippen molar-refractivity contribution in [2.24, 2.45) is 10.2 Å². The molecular formula is C26H23ClN4O5S. The van der Waals surface area contributed by atoms with Crippen molar-refractivity contribution in [2.45, 2.75) is 11.7 Å². The Kier molecular flexibility index (Phi) is 8.32. The largest absolute Gasteiger partial charge is 0.508 e. The Balaban J connectivity index is 1.56. The van der Waals surface area contributed by atoms with Gasteiger partial charge in [-0.15, -0.1) is 5.10 Å². The average molecular weight is 539 g/mol. The Morgan fingerprint density at radius 3 is 2.57 bits per heavy atom. The number of hydrogen-bond acceptors (Lipinski definition) is 8. The van der Waals surface area contributed by atoms with E-state index in [0.717, 1.165) is 11.8 Å². The number of phenolic OH excluding ortho intramolecular Hbond substituents is 1. The van der Waals surface area contributed by atoms with Crippen molar-refractivity contribution < 1.29 is 24.2 Å². The molecule has 0 aromatic heterocycles. The first-order chi connectivity index (χ1) is 17.9. The van der Waals surface area contributed by atoms with E-state index in [0.29, 0.717) is 33.5 Å². The lowest BCUT2D eigenvalue weighted by molar-refractivity contribution is -0.121. The van der Waals surface area contributed by atoms with Crippen LogP contribution in [0.3, 0.4) is 0 Å². The highest BCUT2D eigenvalue weighted by molar-refractivity contribution is 8.16. The van der Waals surface area contributed by atoms with Crippen LogP contribution in [0.5, 0.6) is 17.2 Å². The van der Waals surface area contributed by atoms with E-state index in [2.05, 4.69) is 15.5 Å². The van der Waals surface area contributed by atoms with Crippen molar-refractivity contribution in [1.29, 1.82) is 0 Å². The summed E-state index contributed by atoms with van der Waals surface area (Å²) in [6.45, 7) is 0. The molecule has 9 nitrogen and oxygen atoms in total. The zero-order chi connectivity index (χ0) is 26.4. The highest BCUT2D eigenvalue weighted by Crippen LogP contribution is 2.35. The Morgan fingerprint density at radius 2 is 1.86 bits per heavy atom. The molecule has 37 heavy (non-hydrogen) atoms. The third kappa shape index (κ3) is 6.41. The van der Waals surface area contributed by atoms with Crippen LogP contribution in [0.4, 0.5) is 11.4 Å². The molecule has 2 amide bonds. The number of phenols is 1. The van der Waals surface area contributed by atoms with Crippen LogP contribution < -0.4 is 19.7 Å². The molecule has 0 aliphatic carbocycles. The van der Waals surface area contributed by atoms with Gasteiger partial charge in [-0.3, -0.25) is 14.5 Å². The van der Waals surface area contributed by atoms with Crippen molar-refractivity contribution in [2.75, 3.05) is 24.4 Å². The van der Waals surface area contributed by atoms with Gasteiger partial charge in [-0.1, -0.05) is 29.4 Å². The fourth-order valence-corrected chi connectivity index (χ4v) is 4.74. The zero-order valence-electron chi connectivity index (χ0n) is 19.9. The lowest BCUT2D eigenvalue weighted by atomic mass is 10.2. The number of halogens is 1. The van der Waals surface area contributed by atoms with Gasteiger partial charge in [-0.25, -0.2) is 0 Å². The minimum atomic E-state index is -0.732. The highest BCUT2D eigenvalue weighted by atomic mass is 35.5. The molecule has 0 saturated carbocycles. The molecule has 2 N–H and O–H groups in total. The summed E-state index contributed by atoms with van der Waals surface area (Å²) in [7, 11) is 3.09. The standard InChI is InChI=1S/C26H23ClN4O5S/c1-35-21-11-6-16(12-22(21)36-2)15-28-30-26-31(19-4-3-5-20(32)13-19)25(34)23(37-26)14-24(33)29-18-9-7-17(27)8-10-18/h3-13,15,23,32H,14H2,1-2H3,(H,29,33)/b28-15-,30-26-/t23-/m1/s1. The molecule has 0 bridgehead atoms. The van der Waals surface area contributed by atoms with Crippen LogP contribution in [0.2, 0.25) is 5.02 Å². The van der Waals surface area contributed by atoms with Gasteiger partial charge in [0.05, 0.1) is 26.1 Å². The maximum atomic E-state index is 13.3. The Morgan fingerprint density at radius 1 is 1.11 bits per heavy atom. The fourth-order valence-electron chi connectivity index (χ4n) is 3.53. The third-order valence-corrected chi connectivity index (χ3v) is 6.66. The van der Waals surface area contributed by atoms with Crippen LogP contribution in [0, 0.1) is 0 Å². The van der Waals surface area contributed by atoms with Gasteiger partial charge in [0.2, 0.25) is 11.8 Å². The first-order valence-electron chi connectivity index (χ1n) is 11.1. The highest BCUT2D eigenvalue weighted by Gasteiger charge is 2.40. The van der Waals surface area contributed by atoms with E-state index in [9.17, 15) is 14.7 Å². The van der Waals surface area contributed by atoms with E-state index in [4.69, 9.17) is 21.1 Å². The van der Waals surface area contributed by atoms with Gasteiger partial charge < -0.3 is 19.9 Å². The van der Waals surface area contributed by atoms with Crippen molar-refractivity contribution in [3.05, 3.63) is 77.3 Å². The molecule has 0 unspecified atom stereocenters. The number of thioether (sulfide) groups is 1. The maximum Gasteiger partial charge on any atom is 0.247 e. The quantitative estimate of drug-likeness (QED) is 0.310. The second-order valence-corrected chi connectivity index (χ2v) is 9.41. The summed E-state index contributed by atoms with van der Waals surface area (Å²) in [5, 5.41) is 21.2. The number of benzene rings is 3. The van der Waals surface area contributed by atoms with E-state index in [-0.39, 0.29) is 29.2 Å². The fraction of sp³-hybridized carbons (Fsp3) is 0.154. The van der Waals surface area contributed by atoms with Crippen LogP contribution in [0.15, 0.2) is 76.9 Å². The number of aromatic hydroxyl groups is 1. The number of carbonyl (C=O) groups is 2. The van der Waals surface area contributed by atoms with Crippen LogP contribution in [-0.4, -0.2) is 47.8 Å². The first-order valence-corrected chi connectivity index (χ1v) is 12.3. The summed E-state index contributed by atoms with van der Waals surface area (Å²) >= 11 is 7.02. The van der Waals surface area contributed by atoms with Gasteiger partial charge >= 0.3 is 0 Å². The Hall–Kier alpha value is -4.02. The predicted molar refractivity (Wildman–Crippen MR) is 146 cm³/mol. The number of hydrogen-bond donors (Lipinski definition) is 2. The SMILES string of the molecule is COc1ccc(/C=N\N=C2/S[C@H](CC(=O)Nc3ccc(Cl)cc3)C(=O)N2c2cccc(O)c2)cc1OC. The maximum absolute atomic E-state index is 13.3. The number of carbonyl (C=O) groups excluding carboxylic acids is 2. The van der Waals surface area contributed by atoms with Gasteiger partial charge in [0.15, 0.2) is 16.7 Å². The lowest BCUT2D eigenvalue weighted by Gasteiger charge is -2.16. The van der Waals surface area contributed by atoms with Gasteiger partial charge in [0.25, 0.3) is 0 Å². The molecule has 1 aliphatic heterocycles. The molecule has 1 fully saturated rings. The number of methoxy groups -OCH3 is 2. The van der Waals surface area contributed by atoms with Crippen LogP contribution in [0.25, 0.3) is 0 Å². The molecule has 1 atom stereocenters. The first kappa shape index (κ1) is 26.1. The molecule has 1 saturated heterocycles. The summed E-state index contributed by atoms with van der Waals surface area (Å²) in [6, 6.07) is 18.2. The minimum absolute atomic E-state index is 0.00703. The van der Waals surface area contributed by atoms with Crippen molar-refractivity contribution in [1.82, 2.24) is 0 Å². The number of nitrogens with zero attached hydrogens (tertiary/aromatic N) is 3. The van der Waals surface area contributed by atoms with E-state index in [1.54, 1.807) is 61.7 Å². The Labute approximate surface area is 222 Å². The molecule has 1 aliphatic rings. The van der Waals surface area contributed by atoms with Gasteiger partial charge in [-0.2, -0.15) is 5.10 Å². The van der Waals surface area contributed by atoms with E-state index < -0.39 is 5.25 Å². The summed E-state index contributed by atoms with van der Waals surface area (Å²) in [4.78, 5) is 27.3.